The van der Waals surface area contributed by atoms with Crippen LogP contribution in [0.5, 0.6) is 0 Å². The van der Waals surface area contributed by atoms with Gasteiger partial charge >= 0.3 is 37.7 Å². The smallest absolute Gasteiger partial charge is 0.550 e. The summed E-state index contributed by atoms with van der Waals surface area (Å²) >= 11 is 0. The Morgan fingerprint density at radius 1 is 1.06 bits per heavy atom. The molecule has 1 rings (SSSR count). The van der Waals surface area contributed by atoms with Crippen molar-refractivity contribution in [3.05, 3.63) is 29.6 Å². The first-order valence-corrected chi connectivity index (χ1v) is 4.91. The number of carbonyl (C=O) groups excluding carboxylic acids is 2. The van der Waals surface area contributed by atoms with E-state index < -0.39 is 11.9 Å². The minimum atomic E-state index is -1.12. The average molecular weight is 235 g/mol. The van der Waals surface area contributed by atoms with Gasteiger partial charge in [0.25, 0.3) is 0 Å². The predicted octanol–water partition coefficient (Wildman–Crippen LogP) is -7.55. The molecule has 18 heavy (non-hydrogen) atoms. The minimum Gasteiger partial charge on any atom is -0.550 e. The molecule has 7 heteroatoms. The average Bonchev–Trinajstić information content (AvgIpc) is 2.24. The van der Waals surface area contributed by atoms with E-state index in [1.807, 2.05) is 0 Å². The van der Waals surface area contributed by atoms with Gasteiger partial charge in [-0.25, -0.2) is 0 Å². The quantitative estimate of drug-likeness (QED) is 0.456. The van der Waals surface area contributed by atoms with Gasteiger partial charge in [0.2, 0.25) is 0 Å². The first-order chi connectivity index (χ1) is 7.58. The zero-order valence-electron chi connectivity index (χ0n) is 10.6. The Morgan fingerprint density at radius 3 is 2.17 bits per heavy atom. The molecule has 1 aromatic rings. The van der Waals surface area contributed by atoms with Gasteiger partial charge in [-0.1, -0.05) is 0 Å². The summed E-state index contributed by atoms with van der Waals surface area (Å²) in [5, 5.41) is 20.5. The molecule has 0 fully saturated rings. The van der Waals surface area contributed by atoms with Crippen LogP contribution in [0, 0.1) is 0 Å². The molecule has 0 aliphatic heterocycles. The molecule has 0 N–H and O–H groups in total. The number of hydrogen-bond donors (Lipinski definition) is 0. The largest absolute Gasteiger partial charge is 1.00 e. The molecule has 0 unspecified atom stereocenters. The van der Waals surface area contributed by atoms with Gasteiger partial charge in [-0.3, -0.25) is 4.98 Å². The maximum absolute atomic E-state index is 10.3. The third-order valence-corrected chi connectivity index (χ3v) is 2.08. The topological polar surface area (TPSA) is 93.2 Å². The van der Waals surface area contributed by atoms with Crippen molar-refractivity contribution in [2.75, 3.05) is 0 Å². The summed E-state index contributed by atoms with van der Waals surface area (Å²) in [6.07, 6.45) is 2.06. The van der Waals surface area contributed by atoms with E-state index in [9.17, 15) is 19.8 Å². The Hall–Kier alpha value is -0.715. The third-order valence-electron chi connectivity index (χ3n) is 2.08. The standard InChI is InChI=1S/C11H13NO4.2Li/c13-10(14)3-1-8-5-6-12-9(7-8)2-4-11(15)16;;/h5-7H,1-4H2,(H,13,14)(H,15,16);;/q;2*+1/p-2. The van der Waals surface area contributed by atoms with Crippen LogP contribution in [0.25, 0.3) is 0 Å². The summed E-state index contributed by atoms with van der Waals surface area (Å²) in [4.78, 5) is 24.5. The van der Waals surface area contributed by atoms with Gasteiger partial charge in [0.15, 0.2) is 0 Å². The number of carbonyl (C=O) groups is 2. The molecule has 1 aromatic heterocycles. The fourth-order valence-electron chi connectivity index (χ4n) is 1.30. The van der Waals surface area contributed by atoms with Crippen LogP contribution in [0.4, 0.5) is 0 Å². The van der Waals surface area contributed by atoms with Crippen LogP contribution >= 0.6 is 0 Å². The summed E-state index contributed by atoms with van der Waals surface area (Å²) in [7, 11) is 0. The molecule has 0 amide bonds. The molecule has 5 nitrogen and oxygen atoms in total. The molecular formula is C11H11Li2NO4. The van der Waals surface area contributed by atoms with E-state index in [1.165, 1.54) is 6.20 Å². The molecule has 0 bridgehead atoms. The second kappa shape index (κ2) is 10.2. The predicted molar refractivity (Wildman–Crippen MR) is 50.9 cm³/mol. The van der Waals surface area contributed by atoms with Crippen molar-refractivity contribution >= 4 is 11.9 Å². The van der Waals surface area contributed by atoms with Crippen LogP contribution in [0.15, 0.2) is 18.3 Å². The van der Waals surface area contributed by atoms with E-state index in [-0.39, 0.29) is 50.6 Å². The van der Waals surface area contributed by atoms with Crippen LogP contribution in [0.1, 0.15) is 24.1 Å². The van der Waals surface area contributed by atoms with Gasteiger partial charge in [-0.2, -0.15) is 0 Å². The molecular weight excluding hydrogens is 224 g/mol. The van der Waals surface area contributed by atoms with Crippen LogP contribution in [0.2, 0.25) is 0 Å². The Balaban J connectivity index is 0. The van der Waals surface area contributed by atoms with Crippen molar-refractivity contribution in [1.29, 1.82) is 0 Å². The maximum Gasteiger partial charge on any atom is 1.00 e. The number of pyridine rings is 1. The van der Waals surface area contributed by atoms with E-state index in [4.69, 9.17) is 0 Å². The molecule has 0 aliphatic rings. The van der Waals surface area contributed by atoms with E-state index in [0.29, 0.717) is 18.5 Å². The van der Waals surface area contributed by atoms with Crippen LogP contribution in [-0.2, 0) is 22.4 Å². The molecule has 0 radical (unpaired) electrons. The maximum atomic E-state index is 10.3. The van der Waals surface area contributed by atoms with Crippen molar-refractivity contribution < 1.29 is 57.5 Å². The summed E-state index contributed by atoms with van der Waals surface area (Å²) in [6.45, 7) is 0. The number of carboxylic acids is 2. The van der Waals surface area contributed by atoms with Crippen LogP contribution in [0.3, 0.4) is 0 Å². The van der Waals surface area contributed by atoms with Gasteiger partial charge in [0, 0.05) is 23.8 Å². The number of carboxylic acid groups (broad SMARTS) is 2. The zero-order chi connectivity index (χ0) is 12.0. The summed E-state index contributed by atoms with van der Waals surface area (Å²) in [5.74, 6) is -2.23. The number of aromatic nitrogens is 1. The van der Waals surface area contributed by atoms with E-state index in [1.54, 1.807) is 12.1 Å². The number of aryl methyl sites for hydroxylation is 2. The third kappa shape index (κ3) is 8.39. The number of aliphatic carboxylic acids is 2. The summed E-state index contributed by atoms with van der Waals surface area (Å²) in [5.41, 5.74) is 1.44. The second-order valence-electron chi connectivity index (χ2n) is 3.40. The zero-order valence-corrected chi connectivity index (χ0v) is 10.6. The van der Waals surface area contributed by atoms with E-state index >= 15 is 0 Å². The molecule has 1 heterocycles. The van der Waals surface area contributed by atoms with Crippen molar-refractivity contribution in [3.8, 4) is 0 Å². The first kappa shape index (κ1) is 19.6. The molecule has 0 atom stereocenters. The van der Waals surface area contributed by atoms with Gasteiger partial charge in [-0.05, 0) is 43.4 Å². The first-order valence-electron chi connectivity index (χ1n) is 4.91. The fraction of sp³-hybridized carbons (Fsp3) is 0.364. The summed E-state index contributed by atoms with van der Waals surface area (Å²) in [6, 6.07) is 3.40. The van der Waals surface area contributed by atoms with Crippen molar-refractivity contribution in [3.63, 3.8) is 0 Å². The SMILES string of the molecule is O=C([O-])CCc1ccnc(CCC(=O)[O-])c1.[Li+].[Li+]. The molecule has 0 aliphatic carbocycles. The number of nitrogens with zero attached hydrogens (tertiary/aromatic N) is 1. The van der Waals surface area contributed by atoms with Crippen molar-refractivity contribution in [2.24, 2.45) is 0 Å². The van der Waals surface area contributed by atoms with Crippen LogP contribution in [-0.4, -0.2) is 16.9 Å². The number of rotatable bonds is 6. The van der Waals surface area contributed by atoms with E-state index in [0.717, 1.165) is 5.56 Å². The normalized spacial score (nSPS) is 8.89. The summed E-state index contributed by atoms with van der Waals surface area (Å²) < 4.78 is 0. The number of hydrogen-bond acceptors (Lipinski definition) is 5. The molecule has 0 aromatic carbocycles. The molecule has 86 valence electrons. The van der Waals surface area contributed by atoms with E-state index in [2.05, 4.69) is 4.98 Å². The monoisotopic (exact) mass is 235 g/mol. The van der Waals surface area contributed by atoms with Gasteiger partial charge in [-0.15, -0.1) is 0 Å². The van der Waals surface area contributed by atoms with Crippen LogP contribution < -0.4 is 47.9 Å². The van der Waals surface area contributed by atoms with Gasteiger partial charge in [0.1, 0.15) is 0 Å². The minimum absolute atomic E-state index is 0. The van der Waals surface area contributed by atoms with Gasteiger partial charge < -0.3 is 19.8 Å². The second-order valence-corrected chi connectivity index (χ2v) is 3.40. The Bertz CT molecular complexity index is 365. The fourth-order valence-corrected chi connectivity index (χ4v) is 1.30. The van der Waals surface area contributed by atoms with Gasteiger partial charge in [0.05, 0.1) is 0 Å². The Morgan fingerprint density at radius 2 is 1.61 bits per heavy atom. The molecule has 0 saturated carbocycles. The Labute approximate surface area is 129 Å². The Kier molecular flexibility index (Phi) is 11.2. The van der Waals surface area contributed by atoms with Crippen molar-refractivity contribution in [1.82, 2.24) is 4.98 Å². The molecule has 0 spiro atoms. The van der Waals surface area contributed by atoms with Crippen molar-refractivity contribution in [2.45, 2.75) is 25.7 Å². The molecule has 0 saturated heterocycles.